The second kappa shape index (κ2) is 10.0. The number of alkyl halides is 3. The highest BCUT2D eigenvalue weighted by molar-refractivity contribution is 5.79. The summed E-state index contributed by atoms with van der Waals surface area (Å²) in [5.41, 5.74) is 3.83. The maximum absolute atomic E-state index is 12.9. The molecule has 2 aromatic carbocycles. The molecular formula is C25H31F3N4O. The number of hydrogen-bond acceptors (Lipinski definition) is 4. The van der Waals surface area contributed by atoms with E-state index in [2.05, 4.69) is 15.5 Å². The van der Waals surface area contributed by atoms with Gasteiger partial charge in [0.05, 0.1) is 11.8 Å². The van der Waals surface area contributed by atoms with E-state index in [4.69, 9.17) is 0 Å². The van der Waals surface area contributed by atoms with Gasteiger partial charge in [0, 0.05) is 43.2 Å². The van der Waals surface area contributed by atoms with Crippen molar-refractivity contribution >= 4 is 23.0 Å². The fourth-order valence-corrected chi connectivity index (χ4v) is 4.58. The molecule has 0 radical (unpaired) electrons. The summed E-state index contributed by atoms with van der Waals surface area (Å²) in [6, 6.07) is 15.7. The van der Waals surface area contributed by atoms with E-state index in [1.807, 2.05) is 60.5 Å². The lowest BCUT2D eigenvalue weighted by Gasteiger charge is -2.34. The van der Waals surface area contributed by atoms with Crippen LogP contribution >= 0.6 is 0 Å². The van der Waals surface area contributed by atoms with Gasteiger partial charge in [-0.2, -0.15) is 13.2 Å². The van der Waals surface area contributed by atoms with Crippen molar-refractivity contribution in [3.63, 3.8) is 0 Å². The van der Waals surface area contributed by atoms with Gasteiger partial charge in [0.2, 0.25) is 5.91 Å². The molecule has 178 valence electrons. The first kappa shape index (κ1) is 23.4. The van der Waals surface area contributed by atoms with Gasteiger partial charge < -0.3 is 20.4 Å². The SMILES string of the molecule is CN1CCC(C(=O)NCc2ccc(Nc3ccc(N4CCC(C(F)(F)F)CC4)cc3)cc2)C1. The number of carbonyl (C=O) groups is 1. The summed E-state index contributed by atoms with van der Waals surface area (Å²) in [6.07, 6.45) is -2.88. The van der Waals surface area contributed by atoms with Gasteiger partial charge in [0.1, 0.15) is 0 Å². The fraction of sp³-hybridized carbons (Fsp3) is 0.480. The Bertz CT molecular complexity index is 922. The number of likely N-dealkylation sites (tertiary alicyclic amines) is 1. The number of benzene rings is 2. The average Bonchev–Trinajstić information content (AvgIpc) is 3.25. The van der Waals surface area contributed by atoms with Gasteiger partial charge in [-0.25, -0.2) is 0 Å². The highest BCUT2D eigenvalue weighted by atomic mass is 19.4. The third-order valence-corrected chi connectivity index (χ3v) is 6.66. The molecule has 2 aliphatic rings. The third kappa shape index (κ3) is 6.19. The van der Waals surface area contributed by atoms with Crippen LogP contribution in [0.5, 0.6) is 0 Å². The van der Waals surface area contributed by atoms with Gasteiger partial charge in [0.15, 0.2) is 0 Å². The van der Waals surface area contributed by atoms with Crippen LogP contribution in [0.3, 0.4) is 0 Å². The number of hydrogen-bond donors (Lipinski definition) is 2. The minimum absolute atomic E-state index is 0.0786. The average molecular weight is 461 g/mol. The minimum Gasteiger partial charge on any atom is -0.372 e. The van der Waals surface area contributed by atoms with Gasteiger partial charge in [-0.05, 0) is 74.8 Å². The number of rotatable bonds is 6. The predicted molar refractivity (Wildman–Crippen MR) is 125 cm³/mol. The van der Waals surface area contributed by atoms with E-state index in [1.54, 1.807) is 0 Å². The van der Waals surface area contributed by atoms with Crippen LogP contribution in [-0.2, 0) is 11.3 Å². The van der Waals surface area contributed by atoms with E-state index in [-0.39, 0.29) is 24.7 Å². The summed E-state index contributed by atoms with van der Waals surface area (Å²) in [6.45, 7) is 3.15. The second-order valence-electron chi connectivity index (χ2n) is 9.14. The van der Waals surface area contributed by atoms with Crippen molar-refractivity contribution in [1.29, 1.82) is 0 Å². The van der Waals surface area contributed by atoms with Gasteiger partial charge in [0.25, 0.3) is 0 Å². The molecule has 2 aliphatic heterocycles. The lowest BCUT2D eigenvalue weighted by molar-refractivity contribution is -0.179. The van der Waals surface area contributed by atoms with Gasteiger partial charge in [-0.3, -0.25) is 4.79 Å². The number of anilines is 3. The fourth-order valence-electron chi connectivity index (χ4n) is 4.58. The zero-order chi connectivity index (χ0) is 23.4. The summed E-state index contributed by atoms with van der Waals surface area (Å²) in [5.74, 6) is -0.991. The van der Waals surface area contributed by atoms with Crippen LogP contribution in [0.4, 0.5) is 30.2 Å². The summed E-state index contributed by atoms with van der Waals surface area (Å²) in [5, 5.41) is 6.37. The Balaban J connectivity index is 1.25. The predicted octanol–water partition coefficient (Wildman–Crippen LogP) is 4.78. The van der Waals surface area contributed by atoms with Crippen LogP contribution in [0.25, 0.3) is 0 Å². The molecular weight excluding hydrogens is 429 g/mol. The lowest BCUT2D eigenvalue weighted by Crippen LogP contribution is -2.38. The smallest absolute Gasteiger partial charge is 0.372 e. The van der Waals surface area contributed by atoms with Crippen LogP contribution in [0.2, 0.25) is 0 Å². The molecule has 2 aromatic rings. The van der Waals surface area contributed by atoms with Crippen molar-refractivity contribution in [3.05, 3.63) is 54.1 Å². The van der Waals surface area contributed by atoms with E-state index < -0.39 is 12.1 Å². The molecule has 1 unspecified atom stereocenters. The zero-order valence-electron chi connectivity index (χ0n) is 18.9. The first-order chi connectivity index (χ1) is 15.8. The highest BCUT2D eigenvalue weighted by Crippen LogP contribution is 2.35. The Morgan fingerprint density at radius 1 is 0.939 bits per heavy atom. The minimum atomic E-state index is -4.09. The molecule has 0 bridgehead atoms. The summed E-state index contributed by atoms with van der Waals surface area (Å²) in [4.78, 5) is 16.5. The highest BCUT2D eigenvalue weighted by Gasteiger charge is 2.41. The van der Waals surface area contributed by atoms with Gasteiger partial charge in [-0.15, -0.1) is 0 Å². The third-order valence-electron chi connectivity index (χ3n) is 6.66. The Kier molecular flexibility index (Phi) is 7.12. The van der Waals surface area contributed by atoms with Crippen LogP contribution in [-0.4, -0.2) is 50.2 Å². The molecule has 0 spiro atoms. The molecule has 8 heteroatoms. The molecule has 0 aliphatic carbocycles. The molecule has 2 fully saturated rings. The Morgan fingerprint density at radius 2 is 1.55 bits per heavy atom. The Labute approximate surface area is 192 Å². The Morgan fingerprint density at radius 3 is 2.09 bits per heavy atom. The first-order valence-corrected chi connectivity index (χ1v) is 11.5. The molecule has 33 heavy (non-hydrogen) atoms. The van der Waals surface area contributed by atoms with Crippen molar-refractivity contribution in [1.82, 2.24) is 10.2 Å². The molecule has 2 saturated heterocycles. The summed E-state index contributed by atoms with van der Waals surface area (Å²) < 4.78 is 38.6. The van der Waals surface area contributed by atoms with E-state index in [1.165, 1.54) is 0 Å². The monoisotopic (exact) mass is 460 g/mol. The van der Waals surface area contributed by atoms with E-state index in [9.17, 15) is 18.0 Å². The van der Waals surface area contributed by atoms with E-state index in [0.717, 1.165) is 42.1 Å². The molecule has 5 nitrogen and oxygen atoms in total. The number of carbonyl (C=O) groups excluding carboxylic acids is 1. The van der Waals surface area contributed by atoms with Crippen LogP contribution in [0.1, 0.15) is 24.8 Å². The van der Waals surface area contributed by atoms with Crippen molar-refractivity contribution in [2.24, 2.45) is 11.8 Å². The molecule has 1 atom stereocenters. The summed E-state index contributed by atoms with van der Waals surface area (Å²) in [7, 11) is 2.03. The maximum Gasteiger partial charge on any atom is 0.391 e. The molecule has 0 aromatic heterocycles. The number of nitrogens with zero attached hydrogens (tertiary/aromatic N) is 2. The lowest BCUT2D eigenvalue weighted by atomic mass is 9.96. The molecule has 0 saturated carbocycles. The first-order valence-electron chi connectivity index (χ1n) is 11.5. The standard InChI is InChI=1S/C25H31F3N4O/c1-31-13-10-19(17-31)24(33)29-16-18-2-4-21(5-3-18)30-22-6-8-23(9-7-22)32-14-11-20(12-15-32)25(26,27)28/h2-9,19-20,30H,10-17H2,1H3,(H,29,33). The van der Waals surface area contributed by atoms with E-state index in [0.29, 0.717) is 19.6 Å². The molecule has 2 N–H and O–H groups in total. The zero-order valence-corrected chi connectivity index (χ0v) is 18.9. The quantitative estimate of drug-likeness (QED) is 0.652. The van der Waals surface area contributed by atoms with Gasteiger partial charge in [-0.1, -0.05) is 12.1 Å². The topological polar surface area (TPSA) is 47.6 Å². The molecule has 4 rings (SSSR count). The van der Waals surface area contributed by atoms with Crippen molar-refractivity contribution in [2.45, 2.75) is 32.0 Å². The molecule has 2 heterocycles. The summed E-state index contributed by atoms with van der Waals surface area (Å²) >= 11 is 0. The number of piperidine rings is 1. The Hall–Kier alpha value is -2.74. The maximum atomic E-state index is 12.9. The van der Waals surface area contributed by atoms with E-state index >= 15 is 0 Å². The number of nitrogens with one attached hydrogen (secondary N) is 2. The molecule has 1 amide bonds. The number of amides is 1. The van der Waals surface area contributed by atoms with Crippen LogP contribution < -0.4 is 15.5 Å². The normalized spacial score (nSPS) is 20.1. The van der Waals surface area contributed by atoms with Crippen LogP contribution in [0.15, 0.2) is 48.5 Å². The largest absolute Gasteiger partial charge is 0.391 e. The van der Waals surface area contributed by atoms with Crippen molar-refractivity contribution in [2.75, 3.05) is 43.4 Å². The van der Waals surface area contributed by atoms with Gasteiger partial charge >= 0.3 is 6.18 Å². The second-order valence-corrected chi connectivity index (χ2v) is 9.14. The van der Waals surface area contributed by atoms with Crippen LogP contribution in [0, 0.1) is 11.8 Å². The number of halogens is 3. The van der Waals surface area contributed by atoms with Crippen molar-refractivity contribution < 1.29 is 18.0 Å². The van der Waals surface area contributed by atoms with Crippen molar-refractivity contribution in [3.8, 4) is 0 Å².